The number of amides is 1. The van der Waals surface area contributed by atoms with Gasteiger partial charge in [0.15, 0.2) is 4.34 Å². The molecule has 0 atom stereocenters. The molecule has 1 heterocycles. The summed E-state index contributed by atoms with van der Waals surface area (Å²) < 4.78 is 13.6. The van der Waals surface area contributed by atoms with E-state index in [-0.39, 0.29) is 11.7 Å². The van der Waals surface area contributed by atoms with Gasteiger partial charge < -0.3 is 0 Å². The number of hydrogen-bond acceptors (Lipinski definition) is 5. The highest BCUT2D eigenvalue weighted by atomic mass is 32.2. The lowest BCUT2D eigenvalue weighted by Gasteiger charge is -2.00. The van der Waals surface area contributed by atoms with Crippen LogP contribution in [0.3, 0.4) is 0 Å². The highest BCUT2D eigenvalue weighted by molar-refractivity contribution is 8.01. The van der Waals surface area contributed by atoms with E-state index in [0.29, 0.717) is 16.6 Å². The molecule has 0 fully saturated rings. The van der Waals surface area contributed by atoms with Gasteiger partial charge in [-0.1, -0.05) is 36.9 Å². The predicted molar refractivity (Wildman–Crippen MR) is 79.8 cm³/mol. The van der Waals surface area contributed by atoms with Crippen LogP contribution in [0.4, 0.5) is 9.52 Å². The first-order chi connectivity index (χ1) is 9.54. The molecule has 2 aromatic rings. The van der Waals surface area contributed by atoms with Gasteiger partial charge in [0, 0.05) is 11.3 Å². The van der Waals surface area contributed by atoms with Gasteiger partial charge in [0.1, 0.15) is 5.82 Å². The van der Waals surface area contributed by atoms with Crippen molar-refractivity contribution >= 4 is 34.1 Å². The number of thioether (sulfide) groups is 1. The largest absolute Gasteiger partial charge is 0.296 e. The molecule has 4 nitrogen and oxygen atoms in total. The SMILES string of the molecule is CC(C)CSc1nnc(NC(=O)c2ccc(F)cc2)s1. The molecule has 1 amide bonds. The quantitative estimate of drug-likeness (QED) is 0.676. The van der Waals surface area contributed by atoms with Gasteiger partial charge in [-0.25, -0.2) is 4.39 Å². The van der Waals surface area contributed by atoms with Crippen molar-refractivity contribution in [2.75, 3.05) is 11.1 Å². The molecule has 1 aromatic heterocycles. The molecular weight excluding hydrogens is 297 g/mol. The fourth-order valence-electron chi connectivity index (χ4n) is 1.33. The first-order valence-corrected chi connectivity index (χ1v) is 7.88. The summed E-state index contributed by atoms with van der Waals surface area (Å²) in [5, 5.41) is 11.0. The van der Waals surface area contributed by atoms with E-state index >= 15 is 0 Å². The summed E-state index contributed by atoms with van der Waals surface area (Å²) in [6.45, 7) is 4.26. The average Bonchev–Trinajstić information content (AvgIpc) is 2.84. The van der Waals surface area contributed by atoms with Crippen molar-refractivity contribution in [3.8, 4) is 0 Å². The third-order valence-corrected chi connectivity index (χ3v) is 4.67. The summed E-state index contributed by atoms with van der Waals surface area (Å²) in [7, 11) is 0. The van der Waals surface area contributed by atoms with Crippen molar-refractivity contribution in [1.82, 2.24) is 10.2 Å². The number of nitrogens with one attached hydrogen (secondary N) is 1. The average molecular weight is 311 g/mol. The number of aromatic nitrogens is 2. The minimum Gasteiger partial charge on any atom is -0.296 e. The third kappa shape index (κ3) is 4.28. The molecule has 106 valence electrons. The molecule has 0 aliphatic heterocycles. The van der Waals surface area contributed by atoms with Crippen LogP contribution >= 0.6 is 23.1 Å². The Morgan fingerprint density at radius 2 is 2.05 bits per heavy atom. The Morgan fingerprint density at radius 3 is 2.70 bits per heavy atom. The van der Waals surface area contributed by atoms with Crippen molar-refractivity contribution in [3.05, 3.63) is 35.6 Å². The maximum absolute atomic E-state index is 12.8. The van der Waals surface area contributed by atoms with E-state index in [1.807, 2.05) is 0 Å². The predicted octanol–water partition coefficient (Wildman–Crippen LogP) is 3.68. The first-order valence-electron chi connectivity index (χ1n) is 6.08. The van der Waals surface area contributed by atoms with Crippen molar-refractivity contribution in [2.45, 2.75) is 18.2 Å². The van der Waals surface area contributed by atoms with Gasteiger partial charge in [-0.05, 0) is 30.2 Å². The molecule has 0 saturated heterocycles. The molecule has 0 bridgehead atoms. The molecule has 0 aliphatic rings. The Morgan fingerprint density at radius 1 is 1.35 bits per heavy atom. The number of anilines is 1. The van der Waals surface area contributed by atoms with Gasteiger partial charge in [-0.2, -0.15) is 0 Å². The number of benzene rings is 1. The van der Waals surface area contributed by atoms with Crippen LogP contribution in [0.2, 0.25) is 0 Å². The maximum Gasteiger partial charge on any atom is 0.257 e. The van der Waals surface area contributed by atoms with Gasteiger partial charge in [0.25, 0.3) is 5.91 Å². The minimum absolute atomic E-state index is 0.318. The van der Waals surface area contributed by atoms with Crippen LogP contribution in [-0.2, 0) is 0 Å². The molecule has 0 saturated carbocycles. The van der Waals surface area contributed by atoms with Gasteiger partial charge in [0.2, 0.25) is 5.13 Å². The summed E-state index contributed by atoms with van der Waals surface area (Å²) in [4.78, 5) is 11.9. The van der Waals surface area contributed by atoms with Crippen LogP contribution in [0, 0.1) is 11.7 Å². The molecule has 20 heavy (non-hydrogen) atoms. The Kier molecular flexibility index (Phi) is 5.08. The lowest BCUT2D eigenvalue weighted by atomic mass is 10.2. The number of nitrogens with zero attached hydrogens (tertiary/aromatic N) is 2. The fourth-order valence-corrected chi connectivity index (χ4v) is 3.05. The van der Waals surface area contributed by atoms with E-state index in [9.17, 15) is 9.18 Å². The molecular formula is C13H14FN3OS2. The number of halogens is 1. The minimum atomic E-state index is -0.371. The van der Waals surface area contributed by atoms with Gasteiger partial charge >= 0.3 is 0 Å². The van der Waals surface area contributed by atoms with Crippen LogP contribution in [0.1, 0.15) is 24.2 Å². The van der Waals surface area contributed by atoms with E-state index in [0.717, 1.165) is 10.1 Å². The number of carbonyl (C=O) groups excluding carboxylic acids is 1. The zero-order chi connectivity index (χ0) is 14.5. The van der Waals surface area contributed by atoms with Crippen molar-refractivity contribution in [1.29, 1.82) is 0 Å². The van der Waals surface area contributed by atoms with Crippen LogP contribution in [-0.4, -0.2) is 21.9 Å². The van der Waals surface area contributed by atoms with E-state index in [4.69, 9.17) is 0 Å². The first kappa shape index (κ1) is 14.9. The normalized spacial score (nSPS) is 10.8. The Bertz CT molecular complexity index is 584. The van der Waals surface area contributed by atoms with Crippen LogP contribution in [0.15, 0.2) is 28.6 Å². The summed E-state index contributed by atoms with van der Waals surface area (Å²) in [5.74, 6) is 0.841. The van der Waals surface area contributed by atoms with Crippen molar-refractivity contribution in [3.63, 3.8) is 0 Å². The van der Waals surface area contributed by atoms with Gasteiger partial charge in [-0.3, -0.25) is 10.1 Å². The molecule has 2 rings (SSSR count). The second-order valence-electron chi connectivity index (χ2n) is 4.54. The van der Waals surface area contributed by atoms with Gasteiger partial charge in [0.05, 0.1) is 0 Å². The Hall–Kier alpha value is -1.47. The fraction of sp³-hybridized carbons (Fsp3) is 0.308. The topological polar surface area (TPSA) is 54.9 Å². The zero-order valence-corrected chi connectivity index (χ0v) is 12.7. The molecule has 7 heteroatoms. The zero-order valence-electron chi connectivity index (χ0n) is 11.1. The lowest BCUT2D eigenvalue weighted by molar-refractivity contribution is 0.102. The maximum atomic E-state index is 12.8. The summed E-state index contributed by atoms with van der Waals surface area (Å²) in [5.41, 5.74) is 0.387. The highest BCUT2D eigenvalue weighted by Gasteiger charge is 2.11. The molecule has 0 aliphatic carbocycles. The van der Waals surface area contributed by atoms with E-state index in [2.05, 4.69) is 29.4 Å². The number of rotatable bonds is 5. The lowest BCUT2D eigenvalue weighted by Crippen LogP contribution is -2.11. The van der Waals surface area contributed by atoms with E-state index in [1.165, 1.54) is 35.6 Å². The van der Waals surface area contributed by atoms with E-state index < -0.39 is 0 Å². The summed E-state index contributed by atoms with van der Waals surface area (Å²) in [6.07, 6.45) is 0. The number of hydrogen-bond donors (Lipinski definition) is 1. The van der Waals surface area contributed by atoms with Crippen LogP contribution in [0.25, 0.3) is 0 Å². The third-order valence-electron chi connectivity index (χ3n) is 2.27. The standard InChI is InChI=1S/C13H14FN3OS2/c1-8(2)7-19-13-17-16-12(20-13)15-11(18)9-3-5-10(14)6-4-9/h3-6,8H,7H2,1-2H3,(H,15,16,18). The Labute approximate surface area is 124 Å². The summed E-state index contributed by atoms with van der Waals surface area (Å²) in [6, 6.07) is 5.36. The molecule has 0 spiro atoms. The smallest absolute Gasteiger partial charge is 0.257 e. The molecule has 1 N–H and O–H groups in total. The van der Waals surface area contributed by atoms with Gasteiger partial charge in [-0.15, -0.1) is 10.2 Å². The van der Waals surface area contributed by atoms with Crippen LogP contribution in [0.5, 0.6) is 0 Å². The molecule has 0 unspecified atom stereocenters. The monoisotopic (exact) mass is 311 g/mol. The van der Waals surface area contributed by atoms with Crippen molar-refractivity contribution < 1.29 is 9.18 Å². The van der Waals surface area contributed by atoms with Crippen LogP contribution < -0.4 is 5.32 Å². The van der Waals surface area contributed by atoms with E-state index in [1.54, 1.807) is 11.8 Å². The Balaban J connectivity index is 1.96. The molecule has 0 radical (unpaired) electrons. The number of carbonyl (C=O) groups is 1. The second kappa shape index (κ2) is 6.81. The van der Waals surface area contributed by atoms with Crippen molar-refractivity contribution in [2.24, 2.45) is 5.92 Å². The summed E-state index contributed by atoms with van der Waals surface area (Å²) >= 11 is 2.95. The highest BCUT2D eigenvalue weighted by Crippen LogP contribution is 2.27. The second-order valence-corrected chi connectivity index (χ2v) is 6.78. The molecule has 1 aromatic carbocycles.